The molecule has 1 heterocycles. The van der Waals surface area contributed by atoms with Gasteiger partial charge in [-0.3, -0.25) is 10.0 Å². The van der Waals surface area contributed by atoms with Crippen molar-refractivity contribution in [3.05, 3.63) is 71.3 Å². The van der Waals surface area contributed by atoms with Crippen LogP contribution < -0.4 is 5.48 Å². The summed E-state index contributed by atoms with van der Waals surface area (Å²) in [5.74, 6) is -0.423. The van der Waals surface area contributed by atoms with E-state index in [-0.39, 0.29) is 0 Å². The molecule has 0 aliphatic carbocycles. The molecule has 114 valence electrons. The van der Waals surface area contributed by atoms with E-state index in [1.165, 1.54) is 5.56 Å². The number of hydroxylamine groups is 1. The molecule has 2 aromatic rings. The third-order valence-electron chi connectivity index (χ3n) is 4.09. The van der Waals surface area contributed by atoms with Gasteiger partial charge < -0.3 is 0 Å². The van der Waals surface area contributed by atoms with Gasteiger partial charge in [-0.25, -0.2) is 15.5 Å². The number of hydrogen-bond acceptors (Lipinski definition) is 4. The molecule has 0 aromatic heterocycles. The standard InChI is InChI=1S/C17H19N3O2/c1-19-16(17(21)18-22)15-10-6-5-9-14(15)12-20(19)11-13-7-3-2-4-8-13/h2-10,16,22H,11-12H2,1H3,(H,18,21). The quantitative estimate of drug-likeness (QED) is 0.673. The normalized spacial score (nSPS) is 18.7. The van der Waals surface area contributed by atoms with Crippen molar-refractivity contribution in [3.8, 4) is 0 Å². The Kier molecular flexibility index (Phi) is 4.20. The first-order chi connectivity index (χ1) is 10.7. The molecule has 5 heteroatoms. The summed E-state index contributed by atoms with van der Waals surface area (Å²) in [6.45, 7) is 1.44. The van der Waals surface area contributed by atoms with E-state index in [4.69, 9.17) is 5.21 Å². The lowest BCUT2D eigenvalue weighted by Gasteiger charge is -2.42. The molecule has 1 amide bonds. The lowest BCUT2D eigenvalue weighted by Crippen LogP contribution is -2.50. The molecule has 22 heavy (non-hydrogen) atoms. The monoisotopic (exact) mass is 297 g/mol. The van der Waals surface area contributed by atoms with Crippen LogP contribution in [-0.4, -0.2) is 28.2 Å². The summed E-state index contributed by atoms with van der Waals surface area (Å²) < 4.78 is 0. The molecule has 1 aliphatic rings. The molecule has 0 fully saturated rings. The van der Waals surface area contributed by atoms with Gasteiger partial charge in [0.05, 0.1) is 0 Å². The van der Waals surface area contributed by atoms with Crippen LogP contribution in [0.25, 0.3) is 0 Å². The summed E-state index contributed by atoms with van der Waals surface area (Å²) in [4.78, 5) is 12.1. The van der Waals surface area contributed by atoms with Crippen LogP contribution in [-0.2, 0) is 17.9 Å². The SMILES string of the molecule is CN1C(C(=O)NO)c2ccccc2CN1Cc1ccccc1. The van der Waals surface area contributed by atoms with Gasteiger partial charge in [-0.15, -0.1) is 0 Å². The van der Waals surface area contributed by atoms with Crippen molar-refractivity contribution in [1.29, 1.82) is 0 Å². The summed E-state index contributed by atoms with van der Waals surface area (Å²) in [5.41, 5.74) is 4.99. The first-order valence-corrected chi connectivity index (χ1v) is 7.24. The Labute approximate surface area is 129 Å². The van der Waals surface area contributed by atoms with Crippen LogP contribution in [0.15, 0.2) is 54.6 Å². The van der Waals surface area contributed by atoms with E-state index < -0.39 is 11.9 Å². The van der Waals surface area contributed by atoms with Crippen LogP contribution in [0.3, 0.4) is 0 Å². The largest absolute Gasteiger partial charge is 0.289 e. The molecule has 0 radical (unpaired) electrons. The van der Waals surface area contributed by atoms with Gasteiger partial charge in [-0.05, 0) is 16.7 Å². The summed E-state index contributed by atoms with van der Waals surface area (Å²) in [6.07, 6.45) is 0. The molecule has 0 saturated carbocycles. The number of nitrogens with one attached hydrogen (secondary N) is 1. The number of amides is 1. The summed E-state index contributed by atoms with van der Waals surface area (Å²) >= 11 is 0. The van der Waals surface area contributed by atoms with E-state index in [0.29, 0.717) is 6.54 Å². The van der Waals surface area contributed by atoms with Crippen molar-refractivity contribution in [2.45, 2.75) is 19.1 Å². The molecule has 1 unspecified atom stereocenters. The summed E-state index contributed by atoms with van der Waals surface area (Å²) in [6, 6.07) is 17.4. The highest BCUT2D eigenvalue weighted by Gasteiger charge is 2.34. The number of carbonyl (C=O) groups excluding carboxylic acids is 1. The molecule has 3 rings (SSSR count). The minimum atomic E-state index is -0.529. The highest BCUT2D eigenvalue weighted by Crippen LogP contribution is 2.32. The molecule has 0 bridgehead atoms. The van der Waals surface area contributed by atoms with E-state index in [2.05, 4.69) is 17.1 Å². The number of benzene rings is 2. The van der Waals surface area contributed by atoms with Gasteiger partial charge in [0.1, 0.15) is 6.04 Å². The number of hydrogen-bond donors (Lipinski definition) is 2. The number of nitrogens with zero attached hydrogens (tertiary/aromatic N) is 2. The second-order valence-electron chi connectivity index (χ2n) is 5.46. The minimum Gasteiger partial charge on any atom is -0.289 e. The predicted molar refractivity (Wildman–Crippen MR) is 82.6 cm³/mol. The molecule has 0 saturated heterocycles. The third kappa shape index (κ3) is 2.74. The van der Waals surface area contributed by atoms with Gasteiger partial charge in [0.2, 0.25) is 0 Å². The first kappa shape index (κ1) is 14.7. The fraction of sp³-hybridized carbons (Fsp3) is 0.235. The van der Waals surface area contributed by atoms with Crippen LogP contribution in [0.4, 0.5) is 0 Å². The Bertz CT molecular complexity index is 660. The van der Waals surface area contributed by atoms with E-state index in [0.717, 1.165) is 17.7 Å². The van der Waals surface area contributed by atoms with Gasteiger partial charge in [-0.2, -0.15) is 0 Å². The zero-order valence-corrected chi connectivity index (χ0v) is 12.4. The number of hydrazine groups is 1. The zero-order chi connectivity index (χ0) is 15.5. The second kappa shape index (κ2) is 6.27. The van der Waals surface area contributed by atoms with Gasteiger partial charge in [0, 0.05) is 20.1 Å². The molecule has 2 aromatic carbocycles. The molecule has 0 spiro atoms. The van der Waals surface area contributed by atoms with E-state index in [1.807, 2.05) is 54.5 Å². The number of rotatable bonds is 3. The Morgan fingerprint density at radius 2 is 1.86 bits per heavy atom. The Hall–Kier alpha value is -2.21. The number of carbonyl (C=O) groups is 1. The van der Waals surface area contributed by atoms with Crippen molar-refractivity contribution in [2.24, 2.45) is 0 Å². The van der Waals surface area contributed by atoms with Crippen molar-refractivity contribution < 1.29 is 10.0 Å². The van der Waals surface area contributed by atoms with Gasteiger partial charge >= 0.3 is 0 Å². The summed E-state index contributed by atoms with van der Waals surface area (Å²) in [7, 11) is 1.87. The smallest absolute Gasteiger partial charge is 0.266 e. The van der Waals surface area contributed by atoms with Crippen LogP contribution in [0, 0.1) is 0 Å². The van der Waals surface area contributed by atoms with Gasteiger partial charge in [0.15, 0.2) is 0 Å². The fourth-order valence-electron chi connectivity index (χ4n) is 2.95. The van der Waals surface area contributed by atoms with Gasteiger partial charge in [-0.1, -0.05) is 54.6 Å². The van der Waals surface area contributed by atoms with Crippen molar-refractivity contribution >= 4 is 5.91 Å². The highest BCUT2D eigenvalue weighted by atomic mass is 16.5. The second-order valence-corrected chi connectivity index (χ2v) is 5.46. The van der Waals surface area contributed by atoms with Crippen LogP contribution in [0.5, 0.6) is 0 Å². The maximum atomic E-state index is 12.1. The molecular formula is C17H19N3O2. The Morgan fingerprint density at radius 1 is 1.18 bits per heavy atom. The lowest BCUT2D eigenvalue weighted by atomic mass is 9.96. The van der Waals surface area contributed by atoms with Crippen LogP contribution >= 0.6 is 0 Å². The van der Waals surface area contributed by atoms with Crippen LogP contribution in [0.2, 0.25) is 0 Å². The van der Waals surface area contributed by atoms with Crippen LogP contribution in [0.1, 0.15) is 22.7 Å². The average molecular weight is 297 g/mol. The summed E-state index contributed by atoms with van der Waals surface area (Å²) in [5, 5.41) is 13.1. The minimum absolute atomic E-state index is 0.423. The van der Waals surface area contributed by atoms with Crippen molar-refractivity contribution in [2.75, 3.05) is 7.05 Å². The van der Waals surface area contributed by atoms with Crippen molar-refractivity contribution in [3.63, 3.8) is 0 Å². The predicted octanol–water partition coefficient (Wildman–Crippen LogP) is 2.10. The molecule has 5 nitrogen and oxygen atoms in total. The maximum absolute atomic E-state index is 12.1. The van der Waals surface area contributed by atoms with Gasteiger partial charge in [0.25, 0.3) is 5.91 Å². The third-order valence-corrected chi connectivity index (χ3v) is 4.09. The van der Waals surface area contributed by atoms with Crippen molar-refractivity contribution in [1.82, 2.24) is 15.5 Å². The molecule has 1 aliphatic heterocycles. The first-order valence-electron chi connectivity index (χ1n) is 7.24. The molecule has 2 N–H and O–H groups in total. The topological polar surface area (TPSA) is 55.8 Å². The lowest BCUT2D eigenvalue weighted by molar-refractivity contribution is -0.147. The number of likely N-dealkylation sites (N-methyl/N-ethyl adjacent to an activating group) is 1. The molecule has 1 atom stereocenters. The molecular weight excluding hydrogens is 278 g/mol. The number of fused-ring (bicyclic) bond motifs is 1. The Balaban J connectivity index is 1.93. The van der Waals surface area contributed by atoms with E-state index in [1.54, 1.807) is 5.48 Å². The Morgan fingerprint density at radius 3 is 2.59 bits per heavy atom. The zero-order valence-electron chi connectivity index (χ0n) is 12.4. The fourth-order valence-corrected chi connectivity index (χ4v) is 2.95. The van der Waals surface area contributed by atoms with E-state index in [9.17, 15) is 4.79 Å². The maximum Gasteiger partial charge on any atom is 0.266 e. The van der Waals surface area contributed by atoms with E-state index >= 15 is 0 Å². The highest BCUT2D eigenvalue weighted by molar-refractivity contribution is 5.82. The average Bonchev–Trinajstić information content (AvgIpc) is 2.56.